The molecule has 2 aromatic heterocycles. The Labute approximate surface area is 151 Å². The standard InChI is InChI=1S/C16H21ClN6O2/c1-16(2,3)25-15(24)23-6-5-11-10(7-23)13(21-14(17)19-11)20-12-8-22(4)9-18-12/h8-9H,5-7H2,1-4H3,(H,19,20,21). The van der Waals surface area contributed by atoms with Crippen LogP contribution in [0, 0.1) is 0 Å². The molecule has 0 aromatic carbocycles. The summed E-state index contributed by atoms with van der Waals surface area (Å²) in [4.78, 5) is 26.8. The zero-order valence-corrected chi connectivity index (χ0v) is 15.5. The summed E-state index contributed by atoms with van der Waals surface area (Å²) >= 11 is 6.05. The van der Waals surface area contributed by atoms with Gasteiger partial charge in [0.15, 0.2) is 0 Å². The van der Waals surface area contributed by atoms with Crippen molar-refractivity contribution in [1.29, 1.82) is 0 Å². The predicted octanol–water partition coefficient (Wildman–Crippen LogP) is 2.90. The first-order valence-electron chi connectivity index (χ1n) is 7.99. The summed E-state index contributed by atoms with van der Waals surface area (Å²) in [6.07, 6.45) is 3.76. The number of halogens is 1. The second-order valence-corrected chi connectivity index (χ2v) is 7.31. The minimum absolute atomic E-state index is 0.169. The summed E-state index contributed by atoms with van der Waals surface area (Å²) in [5.41, 5.74) is 1.12. The predicted molar refractivity (Wildman–Crippen MR) is 93.9 cm³/mol. The summed E-state index contributed by atoms with van der Waals surface area (Å²) in [5, 5.41) is 3.32. The Bertz CT molecular complexity index is 798. The van der Waals surface area contributed by atoms with Crippen molar-refractivity contribution in [3.8, 4) is 0 Å². The molecule has 134 valence electrons. The molecule has 0 atom stereocenters. The molecule has 1 amide bonds. The topological polar surface area (TPSA) is 85.2 Å². The van der Waals surface area contributed by atoms with Crippen LogP contribution in [0.5, 0.6) is 0 Å². The highest BCUT2D eigenvalue weighted by molar-refractivity contribution is 6.28. The fourth-order valence-corrected chi connectivity index (χ4v) is 2.75. The number of rotatable bonds is 2. The summed E-state index contributed by atoms with van der Waals surface area (Å²) in [6, 6.07) is 0. The molecule has 25 heavy (non-hydrogen) atoms. The van der Waals surface area contributed by atoms with Gasteiger partial charge in [-0.1, -0.05) is 0 Å². The van der Waals surface area contributed by atoms with Crippen LogP contribution in [0.1, 0.15) is 32.0 Å². The molecule has 1 N–H and O–H groups in total. The number of amides is 1. The van der Waals surface area contributed by atoms with Crippen molar-refractivity contribution in [3.63, 3.8) is 0 Å². The molecule has 0 radical (unpaired) electrons. The quantitative estimate of drug-likeness (QED) is 0.825. The van der Waals surface area contributed by atoms with E-state index in [1.165, 1.54) is 0 Å². The van der Waals surface area contributed by atoms with Crippen LogP contribution in [0.3, 0.4) is 0 Å². The zero-order valence-electron chi connectivity index (χ0n) is 14.7. The minimum Gasteiger partial charge on any atom is -0.444 e. The van der Waals surface area contributed by atoms with Crippen molar-refractivity contribution in [2.45, 2.75) is 39.3 Å². The molecular weight excluding hydrogens is 344 g/mol. The average molecular weight is 365 g/mol. The smallest absolute Gasteiger partial charge is 0.410 e. The first-order chi connectivity index (χ1) is 11.7. The molecule has 0 aliphatic carbocycles. The third kappa shape index (κ3) is 4.19. The largest absolute Gasteiger partial charge is 0.444 e. The molecule has 3 rings (SSSR count). The monoisotopic (exact) mass is 364 g/mol. The lowest BCUT2D eigenvalue weighted by Gasteiger charge is -2.31. The van der Waals surface area contributed by atoms with E-state index < -0.39 is 5.60 Å². The van der Waals surface area contributed by atoms with E-state index in [9.17, 15) is 4.79 Å². The normalized spacial score (nSPS) is 14.2. The van der Waals surface area contributed by atoms with Gasteiger partial charge >= 0.3 is 6.09 Å². The van der Waals surface area contributed by atoms with Crippen LogP contribution in [-0.2, 0) is 24.8 Å². The Morgan fingerprint density at radius 2 is 2.12 bits per heavy atom. The summed E-state index contributed by atoms with van der Waals surface area (Å²) in [5.74, 6) is 1.20. The van der Waals surface area contributed by atoms with Crippen molar-refractivity contribution in [1.82, 2.24) is 24.4 Å². The van der Waals surface area contributed by atoms with Gasteiger partial charge in [-0.15, -0.1) is 0 Å². The number of ether oxygens (including phenoxy) is 1. The van der Waals surface area contributed by atoms with Crippen LogP contribution in [0.4, 0.5) is 16.4 Å². The van der Waals surface area contributed by atoms with Gasteiger partial charge in [0.1, 0.15) is 17.2 Å². The van der Waals surface area contributed by atoms with Gasteiger partial charge in [0.2, 0.25) is 5.28 Å². The number of anilines is 2. The second kappa shape index (κ2) is 6.51. The number of carbonyl (C=O) groups is 1. The van der Waals surface area contributed by atoms with E-state index in [-0.39, 0.29) is 11.4 Å². The molecule has 1 aliphatic rings. The van der Waals surface area contributed by atoms with Gasteiger partial charge in [-0.05, 0) is 32.4 Å². The van der Waals surface area contributed by atoms with E-state index in [0.29, 0.717) is 31.1 Å². The Kier molecular flexibility index (Phi) is 4.55. The number of imidazole rings is 1. The van der Waals surface area contributed by atoms with Gasteiger partial charge in [0, 0.05) is 31.8 Å². The van der Waals surface area contributed by atoms with E-state index in [2.05, 4.69) is 20.3 Å². The number of aromatic nitrogens is 4. The number of aryl methyl sites for hydroxylation is 1. The van der Waals surface area contributed by atoms with Crippen molar-refractivity contribution in [2.24, 2.45) is 7.05 Å². The molecule has 0 saturated carbocycles. The molecule has 0 unspecified atom stereocenters. The summed E-state index contributed by atoms with van der Waals surface area (Å²) in [6.45, 7) is 6.42. The maximum atomic E-state index is 12.4. The van der Waals surface area contributed by atoms with Crippen LogP contribution < -0.4 is 5.32 Å². The van der Waals surface area contributed by atoms with Gasteiger partial charge < -0.3 is 19.5 Å². The molecule has 9 heteroatoms. The molecule has 0 saturated heterocycles. The fraction of sp³-hybridized carbons (Fsp3) is 0.500. The lowest BCUT2D eigenvalue weighted by molar-refractivity contribution is 0.0223. The number of hydrogen-bond donors (Lipinski definition) is 1. The van der Waals surface area contributed by atoms with Crippen molar-refractivity contribution >= 4 is 29.3 Å². The Hall–Kier alpha value is -2.35. The van der Waals surface area contributed by atoms with Gasteiger partial charge in [0.25, 0.3) is 0 Å². The number of fused-ring (bicyclic) bond motifs is 1. The third-order valence-corrected chi connectivity index (χ3v) is 3.81. The molecule has 1 aliphatic heterocycles. The highest BCUT2D eigenvalue weighted by Crippen LogP contribution is 2.28. The highest BCUT2D eigenvalue weighted by Gasteiger charge is 2.28. The summed E-state index contributed by atoms with van der Waals surface area (Å²) < 4.78 is 7.29. The molecule has 8 nitrogen and oxygen atoms in total. The highest BCUT2D eigenvalue weighted by atomic mass is 35.5. The van der Waals surface area contributed by atoms with Gasteiger partial charge in [-0.3, -0.25) is 0 Å². The van der Waals surface area contributed by atoms with E-state index in [0.717, 1.165) is 11.3 Å². The van der Waals surface area contributed by atoms with E-state index in [4.69, 9.17) is 16.3 Å². The molecular formula is C16H21ClN6O2. The van der Waals surface area contributed by atoms with E-state index in [1.54, 1.807) is 11.2 Å². The van der Waals surface area contributed by atoms with Crippen LogP contribution >= 0.6 is 11.6 Å². The average Bonchev–Trinajstić information content (AvgIpc) is 2.90. The molecule has 2 aromatic rings. The van der Waals surface area contributed by atoms with E-state index in [1.807, 2.05) is 38.6 Å². The first-order valence-corrected chi connectivity index (χ1v) is 8.37. The molecule has 0 fully saturated rings. The first kappa shape index (κ1) is 17.5. The van der Waals surface area contributed by atoms with Crippen molar-refractivity contribution in [2.75, 3.05) is 11.9 Å². The maximum Gasteiger partial charge on any atom is 0.410 e. The Balaban J connectivity index is 1.85. The van der Waals surface area contributed by atoms with Crippen LogP contribution in [-0.4, -0.2) is 42.7 Å². The molecule has 3 heterocycles. The van der Waals surface area contributed by atoms with Crippen molar-refractivity contribution in [3.05, 3.63) is 29.1 Å². The number of hydrogen-bond acceptors (Lipinski definition) is 6. The van der Waals surface area contributed by atoms with Gasteiger partial charge in [0.05, 0.1) is 18.6 Å². The van der Waals surface area contributed by atoms with Crippen LogP contribution in [0.15, 0.2) is 12.5 Å². The van der Waals surface area contributed by atoms with Gasteiger partial charge in [-0.25, -0.2) is 19.7 Å². The minimum atomic E-state index is -0.539. The number of nitrogens with one attached hydrogen (secondary N) is 1. The number of nitrogens with zero attached hydrogens (tertiary/aromatic N) is 5. The second-order valence-electron chi connectivity index (χ2n) is 6.97. The Morgan fingerprint density at radius 3 is 2.76 bits per heavy atom. The van der Waals surface area contributed by atoms with Crippen molar-refractivity contribution < 1.29 is 9.53 Å². The molecule has 0 spiro atoms. The SMILES string of the molecule is Cn1cnc(Nc2nc(Cl)nc3c2CN(C(=O)OC(C)(C)C)CC3)c1. The summed E-state index contributed by atoms with van der Waals surface area (Å²) in [7, 11) is 1.88. The maximum absolute atomic E-state index is 12.4. The fourth-order valence-electron chi connectivity index (χ4n) is 2.57. The zero-order chi connectivity index (χ0) is 18.2. The van der Waals surface area contributed by atoms with Crippen LogP contribution in [0.25, 0.3) is 0 Å². The lowest BCUT2D eigenvalue weighted by Crippen LogP contribution is -2.40. The third-order valence-electron chi connectivity index (χ3n) is 3.64. The number of carbonyl (C=O) groups excluding carboxylic acids is 1. The molecule has 0 bridgehead atoms. The Morgan fingerprint density at radius 1 is 1.36 bits per heavy atom. The lowest BCUT2D eigenvalue weighted by atomic mass is 10.1. The van der Waals surface area contributed by atoms with E-state index >= 15 is 0 Å². The van der Waals surface area contributed by atoms with Crippen LogP contribution in [0.2, 0.25) is 5.28 Å². The van der Waals surface area contributed by atoms with Gasteiger partial charge in [-0.2, -0.15) is 0 Å².